The van der Waals surface area contributed by atoms with Gasteiger partial charge in [0, 0.05) is 22.7 Å². The van der Waals surface area contributed by atoms with Crippen LogP contribution in [0.1, 0.15) is 5.56 Å². The fourth-order valence-corrected chi connectivity index (χ4v) is 2.47. The molecular formula is C13H8BrCl2N3O3. The number of hydrogen-bond acceptors (Lipinski definition) is 5. The van der Waals surface area contributed by atoms with Crippen molar-refractivity contribution in [2.45, 2.75) is 0 Å². The summed E-state index contributed by atoms with van der Waals surface area (Å²) < 4.78 is 0.202. The molecule has 114 valence electrons. The van der Waals surface area contributed by atoms with Crippen LogP contribution in [0.5, 0.6) is 5.75 Å². The third-order valence-electron chi connectivity index (χ3n) is 2.61. The summed E-state index contributed by atoms with van der Waals surface area (Å²) >= 11 is 14.8. The zero-order valence-corrected chi connectivity index (χ0v) is 13.9. The first-order chi connectivity index (χ1) is 10.4. The average molecular weight is 405 g/mol. The summed E-state index contributed by atoms with van der Waals surface area (Å²) in [7, 11) is 0. The molecule has 2 N–H and O–H groups in total. The summed E-state index contributed by atoms with van der Waals surface area (Å²) in [5, 5.41) is 25.4. The van der Waals surface area contributed by atoms with Crippen LogP contribution in [-0.2, 0) is 0 Å². The fraction of sp³-hybridized carbons (Fsp3) is 0. The minimum absolute atomic E-state index is 0.154. The second-order valence-corrected chi connectivity index (χ2v) is 5.81. The molecule has 0 aromatic heterocycles. The number of phenols is 1. The number of hydrogen-bond donors (Lipinski definition) is 2. The number of rotatable bonds is 4. The van der Waals surface area contributed by atoms with Gasteiger partial charge in [-0.05, 0) is 34.1 Å². The highest BCUT2D eigenvalue weighted by Crippen LogP contribution is 2.31. The first kappa shape index (κ1) is 16.5. The average Bonchev–Trinajstić information content (AvgIpc) is 2.45. The van der Waals surface area contributed by atoms with Crippen molar-refractivity contribution in [3.63, 3.8) is 0 Å². The van der Waals surface area contributed by atoms with Crippen LogP contribution in [0.3, 0.4) is 0 Å². The van der Waals surface area contributed by atoms with Crippen molar-refractivity contribution in [2.24, 2.45) is 5.10 Å². The maximum atomic E-state index is 10.8. The minimum atomic E-state index is -0.564. The molecule has 0 spiro atoms. The third kappa shape index (κ3) is 3.88. The zero-order valence-electron chi connectivity index (χ0n) is 10.8. The second kappa shape index (κ2) is 6.95. The molecule has 0 amide bonds. The predicted octanol–water partition coefficient (Wildman–Crippen LogP) is 4.82. The van der Waals surface area contributed by atoms with E-state index in [2.05, 4.69) is 26.5 Å². The molecule has 0 bridgehead atoms. The SMILES string of the molecule is O=[N+]([O-])c1cc(Br)c(O)c(/C=N/Nc2ccc(Cl)cc2Cl)c1. The summed E-state index contributed by atoms with van der Waals surface area (Å²) in [4.78, 5) is 10.2. The number of phenolic OH excluding ortho intramolecular Hbond substituents is 1. The highest BCUT2D eigenvalue weighted by molar-refractivity contribution is 9.10. The maximum absolute atomic E-state index is 10.8. The summed E-state index contributed by atoms with van der Waals surface area (Å²) in [6.07, 6.45) is 1.25. The van der Waals surface area contributed by atoms with Gasteiger partial charge in [-0.25, -0.2) is 0 Å². The quantitative estimate of drug-likeness (QED) is 0.434. The molecule has 0 saturated carbocycles. The van der Waals surface area contributed by atoms with Crippen LogP contribution in [0, 0.1) is 10.1 Å². The zero-order chi connectivity index (χ0) is 16.3. The van der Waals surface area contributed by atoms with Crippen molar-refractivity contribution >= 4 is 56.7 Å². The van der Waals surface area contributed by atoms with Gasteiger partial charge in [-0.1, -0.05) is 23.2 Å². The Hall–Kier alpha value is -1.83. The summed E-state index contributed by atoms with van der Waals surface area (Å²) in [6, 6.07) is 7.21. The van der Waals surface area contributed by atoms with E-state index in [9.17, 15) is 15.2 Å². The van der Waals surface area contributed by atoms with E-state index >= 15 is 0 Å². The molecule has 0 atom stereocenters. The molecule has 0 radical (unpaired) electrons. The Morgan fingerprint density at radius 3 is 2.68 bits per heavy atom. The van der Waals surface area contributed by atoms with E-state index in [1.54, 1.807) is 18.2 Å². The molecular weight excluding hydrogens is 397 g/mol. The second-order valence-electron chi connectivity index (χ2n) is 4.12. The minimum Gasteiger partial charge on any atom is -0.506 e. The molecule has 2 rings (SSSR count). The van der Waals surface area contributed by atoms with Crippen LogP contribution in [0.15, 0.2) is 39.9 Å². The lowest BCUT2D eigenvalue weighted by molar-refractivity contribution is -0.385. The number of anilines is 1. The highest BCUT2D eigenvalue weighted by atomic mass is 79.9. The Morgan fingerprint density at radius 2 is 2.05 bits per heavy atom. The van der Waals surface area contributed by atoms with Gasteiger partial charge in [-0.3, -0.25) is 15.5 Å². The largest absolute Gasteiger partial charge is 0.506 e. The molecule has 2 aromatic rings. The molecule has 0 unspecified atom stereocenters. The van der Waals surface area contributed by atoms with Gasteiger partial charge in [0.2, 0.25) is 0 Å². The van der Waals surface area contributed by atoms with Crippen LogP contribution in [0.25, 0.3) is 0 Å². The number of non-ortho nitro benzene ring substituents is 1. The van der Waals surface area contributed by atoms with Crippen molar-refractivity contribution in [1.82, 2.24) is 0 Å². The lowest BCUT2D eigenvalue weighted by Gasteiger charge is -2.04. The fourth-order valence-electron chi connectivity index (χ4n) is 1.56. The van der Waals surface area contributed by atoms with Crippen molar-refractivity contribution < 1.29 is 10.0 Å². The van der Waals surface area contributed by atoms with E-state index in [0.717, 1.165) is 0 Å². The van der Waals surface area contributed by atoms with Crippen molar-refractivity contribution in [2.75, 3.05) is 5.43 Å². The van der Waals surface area contributed by atoms with Crippen LogP contribution in [-0.4, -0.2) is 16.2 Å². The lowest BCUT2D eigenvalue weighted by atomic mass is 10.2. The first-order valence-corrected chi connectivity index (χ1v) is 7.34. The Balaban J connectivity index is 2.24. The molecule has 0 aliphatic carbocycles. The van der Waals surface area contributed by atoms with Gasteiger partial charge in [0.1, 0.15) is 5.75 Å². The van der Waals surface area contributed by atoms with E-state index in [4.69, 9.17) is 23.2 Å². The maximum Gasteiger partial charge on any atom is 0.271 e. The summed E-state index contributed by atoms with van der Waals surface area (Å²) in [5.41, 5.74) is 3.18. The predicted molar refractivity (Wildman–Crippen MR) is 90.1 cm³/mol. The Kier molecular flexibility index (Phi) is 5.23. The molecule has 0 aliphatic heterocycles. The van der Waals surface area contributed by atoms with Gasteiger partial charge in [0.05, 0.1) is 26.3 Å². The molecule has 22 heavy (non-hydrogen) atoms. The number of aromatic hydroxyl groups is 1. The molecule has 0 aliphatic rings. The molecule has 0 saturated heterocycles. The molecule has 2 aromatic carbocycles. The molecule has 9 heteroatoms. The van der Waals surface area contributed by atoms with Gasteiger partial charge in [-0.15, -0.1) is 0 Å². The van der Waals surface area contributed by atoms with E-state index in [1.807, 2.05) is 0 Å². The van der Waals surface area contributed by atoms with Crippen molar-refractivity contribution in [3.8, 4) is 5.75 Å². The van der Waals surface area contributed by atoms with Gasteiger partial charge in [0.25, 0.3) is 5.69 Å². The highest BCUT2D eigenvalue weighted by Gasteiger charge is 2.13. The molecule has 0 fully saturated rings. The van der Waals surface area contributed by atoms with Crippen LogP contribution in [0.4, 0.5) is 11.4 Å². The monoisotopic (exact) mass is 403 g/mol. The third-order valence-corrected chi connectivity index (χ3v) is 3.76. The van der Waals surface area contributed by atoms with Crippen LogP contribution in [0.2, 0.25) is 10.0 Å². The van der Waals surface area contributed by atoms with E-state index in [-0.39, 0.29) is 21.5 Å². The normalized spacial score (nSPS) is 10.9. The first-order valence-electron chi connectivity index (χ1n) is 5.79. The smallest absolute Gasteiger partial charge is 0.271 e. The summed E-state index contributed by atoms with van der Waals surface area (Å²) in [6.45, 7) is 0. The van der Waals surface area contributed by atoms with Gasteiger partial charge >= 0.3 is 0 Å². The lowest BCUT2D eigenvalue weighted by Crippen LogP contribution is -1.94. The van der Waals surface area contributed by atoms with E-state index < -0.39 is 4.92 Å². The Bertz CT molecular complexity index is 768. The number of halogens is 3. The number of nitrogens with zero attached hydrogens (tertiary/aromatic N) is 2. The van der Waals surface area contributed by atoms with Crippen molar-refractivity contribution in [3.05, 3.63) is 60.5 Å². The Labute approximate surface area is 143 Å². The number of nitrogens with one attached hydrogen (secondary N) is 1. The summed E-state index contributed by atoms with van der Waals surface area (Å²) in [5.74, 6) is -0.154. The topological polar surface area (TPSA) is 87.8 Å². The molecule has 0 heterocycles. The van der Waals surface area contributed by atoms with Crippen LogP contribution >= 0.6 is 39.1 Å². The number of nitro benzene ring substituents is 1. The van der Waals surface area contributed by atoms with E-state index in [1.165, 1.54) is 18.3 Å². The number of benzene rings is 2. The van der Waals surface area contributed by atoms with Crippen LogP contribution < -0.4 is 5.43 Å². The van der Waals surface area contributed by atoms with Gasteiger partial charge < -0.3 is 5.11 Å². The number of nitro groups is 1. The number of hydrazone groups is 1. The molecule has 6 nitrogen and oxygen atoms in total. The van der Waals surface area contributed by atoms with Gasteiger partial charge in [0.15, 0.2) is 0 Å². The van der Waals surface area contributed by atoms with Gasteiger partial charge in [-0.2, -0.15) is 5.10 Å². The van der Waals surface area contributed by atoms with Crippen molar-refractivity contribution in [1.29, 1.82) is 0 Å². The van der Waals surface area contributed by atoms with E-state index in [0.29, 0.717) is 15.7 Å². The Morgan fingerprint density at radius 1 is 1.32 bits per heavy atom. The standard InChI is InChI=1S/C13H8BrCl2N3O3/c14-10-5-9(19(21)22)3-7(13(10)20)6-17-18-12-2-1-8(15)4-11(12)16/h1-6,18,20H/b17-6+.